The molecule has 7 heteroatoms. The number of hydrogen-bond donors (Lipinski definition) is 2. The first-order valence-corrected chi connectivity index (χ1v) is 10.7. The van der Waals surface area contributed by atoms with Crippen LogP contribution >= 0.6 is 0 Å². The Labute approximate surface area is 175 Å². The molecule has 2 aliphatic rings. The molecule has 0 amide bonds. The average Bonchev–Trinajstić information content (AvgIpc) is 3.22. The molecule has 7 nitrogen and oxygen atoms in total. The number of likely N-dealkylation sites (tertiary alicyclic amines) is 1. The maximum atomic E-state index is 5.41. The number of rotatable bonds is 7. The molecule has 2 saturated heterocycles. The van der Waals surface area contributed by atoms with Gasteiger partial charge in [0.2, 0.25) is 0 Å². The highest BCUT2D eigenvalue weighted by molar-refractivity contribution is 5.80. The SMILES string of the molecule is CN=C(NCCC1CCN(C)CC1)NC1CCN(c2cc(OC)cc(OC)c2)C1. The van der Waals surface area contributed by atoms with E-state index in [0.29, 0.717) is 6.04 Å². The molecular weight excluding hydrogens is 366 g/mol. The zero-order chi connectivity index (χ0) is 20.6. The van der Waals surface area contributed by atoms with Gasteiger partial charge in [0, 0.05) is 56.6 Å². The van der Waals surface area contributed by atoms with Crippen LogP contribution in [0.25, 0.3) is 0 Å². The van der Waals surface area contributed by atoms with Gasteiger partial charge in [-0.25, -0.2) is 0 Å². The van der Waals surface area contributed by atoms with Gasteiger partial charge in [-0.2, -0.15) is 0 Å². The molecule has 0 spiro atoms. The third kappa shape index (κ3) is 6.16. The highest BCUT2D eigenvalue weighted by Crippen LogP contribution is 2.30. The molecule has 2 heterocycles. The Morgan fingerprint density at radius 2 is 1.76 bits per heavy atom. The van der Waals surface area contributed by atoms with Gasteiger partial charge in [-0.15, -0.1) is 0 Å². The molecule has 2 fully saturated rings. The Hall–Kier alpha value is -2.15. The van der Waals surface area contributed by atoms with E-state index in [0.717, 1.165) is 55.1 Å². The van der Waals surface area contributed by atoms with Gasteiger partial charge in [0.1, 0.15) is 11.5 Å². The average molecular weight is 404 g/mol. The van der Waals surface area contributed by atoms with Gasteiger partial charge in [0.25, 0.3) is 0 Å². The van der Waals surface area contributed by atoms with Crippen molar-refractivity contribution in [3.05, 3.63) is 18.2 Å². The number of anilines is 1. The van der Waals surface area contributed by atoms with Crippen LogP contribution in [0.5, 0.6) is 11.5 Å². The van der Waals surface area contributed by atoms with E-state index in [1.54, 1.807) is 14.2 Å². The van der Waals surface area contributed by atoms with Crippen LogP contribution in [0.3, 0.4) is 0 Å². The number of nitrogens with zero attached hydrogens (tertiary/aromatic N) is 3. The number of benzene rings is 1. The first-order valence-electron chi connectivity index (χ1n) is 10.7. The van der Waals surface area contributed by atoms with Gasteiger partial charge < -0.3 is 29.9 Å². The Morgan fingerprint density at radius 1 is 1.07 bits per heavy atom. The van der Waals surface area contributed by atoms with Gasteiger partial charge >= 0.3 is 0 Å². The molecule has 0 bridgehead atoms. The first kappa shape index (κ1) is 21.6. The van der Waals surface area contributed by atoms with Gasteiger partial charge in [-0.3, -0.25) is 4.99 Å². The van der Waals surface area contributed by atoms with Crippen LogP contribution < -0.4 is 25.0 Å². The van der Waals surface area contributed by atoms with Crippen molar-refractivity contribution in [2.75, 3.05) is 65.9 Å². The fourth-order valence-corrected chi connectivity index (χ4v) is 4.22. The second-order valence-electron chi connectivity index (χ2n) is 8.18. The number of methoxy groups -OCH3 is 2. The number of guanidine groups is 1. The lowest BCUT2D eigenvalue weighted by Crippen LogP contribution is -2.45. The van der Waals surface area contributed by atoms with E-state index in [2.05, 4.69) is 44.6 Å². The Morgan fingerprint density at radius 3 is 2.38 bits per heavy atom. The molecule has 2 aliphatic heterocycles. The lowest BCUT2D eigenvalue weighted by Gasteiger charge is -2.29. The van der Waals surface area contributed by atoms with Crippen molar-refractivity contribution < 1.29 is 9.47 Å². The van der Waals surface area contributed by atoms with Crippen molar-refractivity contribution in [1.82, 2.24) is 15.5 Å². The molecule has 29 heavy (non-hydrogen) atoms. The molecule has 1 atom stereocenters. The molecule has 1 unspecified atom stereocenters. The molecule has 0 saturated carbocycles. The van der Waals surface area contributed by atoms with E-state index < -0.39 is 0 Å². The summed E-state index contributed by atoms with van der Waals surface area (Å²) >= 11 is 0. The monoisotopic (exact) mass is 403 g/mol. The molecule has 2 N–H and O–H groups in total. The summed E-state index contributed by atoms with van der Waals surface area (Å²) in [7, 11) is 7.44. The summed E-state index contributed by atoms with van der Waals surface area (Å²) < 4.78 is 10.8. The van der Waals surface area contributed by atoms with E-state index >= 15 is 0 Å². The molecule has 3 rings (SSSR count). The van der Waals surface area contributed by atoms with Crippen molar-refractivity contribution >= 4 is 11.6 Å². The summed E-state index contributed by atoms with van der Waals surface area (Å²) in [5.41, 5.74) is 1.13. The maximum Gasteiger partial charge on any atom is 0.191 e. The predicted molar refractivity (Wildman–Crippen MR) is 119 cm³/mol. The van der Waals surface area contributed by atoms with Crippen LogP contribution in [0.2, 0.25) is 0 Å². The molecule has 1 aromatic rings. The molecular formula is C22H37N5O2. The van der Waals surface area contributed by atoms with Gasteiger partial charge in [-0.1, -0.05) is 0 Å². The number of piperidine rings is 1. The molecule has 1 aromatic carbocycles. The van der Waals surface area contributed by atoms with Crippen LogP contribution in [-0.4, -0.2) is 77.9 Å². The standard InChI is InChI=1S/C22H37N5O2/c1-23-22(24-9-5-17-6-10-26(2)11-7-17)25-18-8-12-27(16-18)19-13-20(28-3)15-21(14-19)29-4/h13-15,17-18H,5-12,16H2,1-4H3,(H2,23,24,25). The van der Waals surface area contributed by atoms with E-state index in [1.165, 1.54) is 32.4 Å². The quantitative estimate of drug-likeness (QED) is 0.538. The lowest BCUT2D eigenvalue weighted by atomic mass is 9.94. The molecule has 0 radical (unpaired) electrons. The van der Waals surface area contributed by atoms with Gasteiger partial charge in [0.15, 0.2) is 5.96 Å². The molecule has 162 valence electrons. The minimum absolute atomic E-state index is 0.377. The number of nitrogens with one attached hydrogen (secondary N) is 2. The fourth-order valence-electron chi connectivity index (χ4n) is 4.22. The first-order chi connectivity index (χ1) is 14.1. The zero-order valence-corrected chi connectivity index (χ0v) is 18.4. The van der Waals surface area contributed by atoms with Crippen molar-refractivity contribution in [2.24, 2.45) is 10.9 Å². The third-order valence-corrected chi connectivity index (χ3v) is 6.14. The van der Waals surface area contributed by atoms with Crippen LogP contribution in [0.15, 0.2) is 23.2 Å². The maximum absolute atomic E-state index is 5.41. The van der Waals surface area contributed by atoms with Gasteiger partial charge in [-0.05, 0) is 51.7 Å². The van der Waals surface area contributed by atoms with E-state index in [9.17, 15) is 0 Å². The summed E-state index contributed by atoms with van der Waals surface area (Å²) in [6, 6.07) is 6.42. The number of hydrogen-bond acceptors (Lipinski definition) is 5. The minimum atomic E-state index is 0.377. The summed E-state index contributed by atoms with van der Waals surface area (Å²) in [5.74, 6) is 3.39. The van der Waals surface area contributed by atoms with Crippen LogP contribution in [0.1, 0.15) is 25.7 Å². The van der Waals surface area contributed by atoms with Crippen molar-refractivity contribution in [2.45, 2.75) is 31.7 Å². The smallest absolute Gasteiger partial charge is 0.191 e. The second kappa shape index (κ2) is 10.6. The summed E-state index contributed by atoms with van der Waals surface area (Å²) in [5, 5.41) is 7.11. The van der Waals surface area contributed by atoms with E-state index in [-0.39, 0.29) is 0 Å². The van der Waals surface area contributed by atoms with Crippen LogP contribution in [0, 0.1) is 5.92 Å². The van der Waals surface area contributed by atoms with Crippen molar-refractivity contribution in [3.63, 3.8) is 0 Å². The summed E-state index contributed by atoms with van der Waals surface area (Å²) in [6.07, 6.45) is 4.92. The predicted octanol–water partition coefficient (Wildman–Crippen LogP) is 2.18. The van der Waals surface area contributed by atoms with E-state index in [4.69, 9.17) is 9.47 Å². The summed E-state index contributed by atoms with van der Waals surface area (Å²) in [6.45, 7) is 5.37. The Balaban J connectivity index is 1.46. The third-order valence-electron chi connectivity index (χ3n) is 6.14. The van der Waals surface area contributed by atoms with Crippen molar-refractivity contribution in [1.29, 1.82) is 0 Å². The van der Waals surface area contributed by atoms with Crippen LogP contribution in [-0.2, 0) is 0 Å². The highest BCUT2D eigenvalue weighted by atomic mass is 16.5. The Bertz CT molecular complexity index is 651. The number of aliphatic imine (C=N–C) groups is 1. The summed E-state index contributed by atoms with van der Waals surface area (Å²) in [4.78, 5) is 9.22. The second-order valence-corrected chi connectivity index (χ2v) is 8.18. The lowest BCUT2D eigenvalue weighted by molar-refractivity contribution is 0.213. The largest absolute Gasteiger partial charge is 0.497 e. The number of ether oxygens (including phenoxy) is 2. The highest BCUT2D eigenvalue weighted by Gasteiger charge is 2.24. The van der Waals surface area contributed by atoms with E-state index in [1.807, 2.05) is 13.1 Å². The topological polar surface area (TPSA) is 61.4 Å². The minimum Gasteiger partial charge on any atom is -0.497 e. The fraction of sp³-hybridized carbons (Fsp3) is 0.682. The van der Waals surface area contributed by atoms with Gasteiger partial charge in [0.05, 0.1) is 14.2 Å². The Kier molecular flexibility index (Phi) is 7.86. The molecule has 0 aliphatic carbocycles. The zero-order valence-electron chi connectivity index (χ0n) is 18.4. The normalized spacial score (nSPS) is 21.3. The van der Waals surface area contributed by atoms with Crippen LogP contribution in [0.4, 0.5) is 5.69 Å². The molecule has 0 aromatic heterocycles. The van der Waals surface area contributed by atoms with Crippen molar-refractivity contribution in [3.8, 4) is 11.5 Å².